The molecule has 0 atom stereocenters. The second-order valence-electron chi connectivity index (χ2n) is 8.26. The molecular formula is C25H30N6O3S. The van der Waals surface area contributed by atoms with Crippen LogP contribution < -0.4 is 16.4 Å². The summed E-state index contributed by atoms with van der Waals surface area (Å²) >= 11 is 1.53. The minimum Gasteiger partial charge on any atom is -0.397 e. The first kappa shape index (κ1) is 24.6. The topological polar surface area (TPSA) is 113 Å². The second-order valence-corrected chi connectivity index (χ2v) is 9.04. The zero-order valence-electron chi connectivity index (χ0n) is 19.5. The first-order valence-electron chi connectivity index (χ1n) is 11.6. The lowest BCUT2D eigenvalue weighted by molar-refractivity contribution is 0.0365. The molecule has 0 saturated carbocycles. The van der Waals surface area contributed by atoms with E-state index in [1.165, 1.54) is 11.3 Å². The molecule has 1 fully saturated rings. The molecule has 0 bridgehead atoms. The smallest absolute Gasteiger partial charge is 0.322 e. The number of morpholine rings is 1. The molecule has 2 aromatic heterocycles. The van der Waals surface area contributed by atoms with E-state index in [9.17, 15) is 9.59 Å². The lowest BCUT2D eigenvalue weighted by Gasteiger charge is -2.28. The predicted molar refractivity (Wildman–Crippen MR) is 139 cm³/mol. The Hall–Kier alpha value is -3.47. The number of nitrogens with zero attached hydrogens (tertiary/aromatic N) is 3. The van der Waals surface area contributed by atoms with Gasteiger partial charge in [0.2, 0.25) is 0 Å². The van der Waals surface area contributed by atoms with Crippen molar-refractivity contribution in [2.75, 3.05) is 55.8 Å². The normalized spacial score (nSPS) is 13.8. The Balaban J connectivity index is 1.37. The van der Waals surface area contributed by atoms with Gasteiger partial charge < -0.3 is 26.0 Å². The number of pyridine rings is 1. The maximum absolute atomic E-state index is 13.0. The summed E-state index contributed by atoms with van der Waals surface area (Å²) in [6.07, 6.45) is 2.49. The van der Waals surface area contributed by atoms with E-state index in [-0.39, 0.29) is 17.6 Å². The molecule has 10 heteroatoms. The van der Waals surface area contributed by atoms with Gasteiger partial charge in [-0.1, -0.05) is 18.2 Å². The number of anilines is 3. The molecule has 3 aromatic rings. The Morgan fingerprint density at radius 1 is 1.11 bits per heavy atom. The molecule has 3 heterocycles. The average Bonchev–Trinajstić information content (AvgIpc) is 3.39. The van der Waals surface area contributed by atoms with Crippen molar-refractivity contribution in [1.82, 2.24) is 14.8 Å². The molecule has 35 heavy (non-hydrogen) atoms. The van der Waals surface area contributed by atoms with Gasteiger partial charge in [0.05, 0.1) is 30.3 Å². The van der Waals surface area contributed by atoms with Crippen LogP contribution in [0.3, 0.4) is 0 Å². The highest BCUT2D eigenvalue weighted by Gasteiger charge is 2.17. The van der Waals surface area contributed by atoms with Crippen molar-refractivity contribution < 1.29 is 14.3 Å². The molecule has 1 aliphatic heterocycles. The largest absolute Gasteiger partial charge is 0.397 e. The summed E-state index contributed by atoms with van der Waals surface area (Å²) in [4.78, 5) is 34.0. The van der Waals surface area contributed by atoms with Crippen molar-refractivity contribution in [3.05, 3.63) is 70.7 Å². The van der Waals surface area contributed by atoms with Crippen LogP contribution in [0.1, 0.15) is 22.5 Å². The van der Waals surface area contributed by atoms with E-state index in [2.05, 4.69) is 20.5 Å². The number of thiophene rings is 1. The standard InChI is InChI=1S/C25H30N6O3S/c26-21-4-1-2-5-22(21)29-24(32)23-7-6-19(16-27-23)17-31(25(33)28-20-8-15-35-18-20)10-3-9-30-11-13-34-14-12-30/h1-2,4-8,15-16,18H,3,9-14,17,26H2,(H,28,33)(H,29,32). The van der Waals surface area contributed by atoms with Gasteiger partial charge in [-0.05, 0) is 41.6 Å². The highest BCUT2D eigenvalue weighted by atomic mass is 32.1. The zero-order chi connectivity index (χ0) is 24.5. The summed E-state index contributed by atoms with van der Waals surface area (Å²) in [6, 6.07) is 12.3. The van der Waals surface area contributed by atoms with Crippen LogP contribution >= 0.6 is 11.3 Å². The maximum atomic E-state index is 13.0. The molecule has 184 valence electrons. The van der Waals surface area contributed by atoms with Crippen LogP contribution in [0, 0.1) is 0 Å². The van der Waals surface area contributed by atoms with Gasteiger partial charge in [-0.3, -0.25) is 14.7 Å². The Kier molecular flexibility index (Phi) is 8.66. The number of para-hydroxylation sites is 2. The van der Waals surface area contributed by atoms with Gasteiger partial charge in [0, 0.05) is 44.3 Å². The van der Waals surface area contributed by atoms with Crippen LogP contribution in [0.15, 0.2) is 59.4 Å². The monoisotopic (exact) mass is 494 g/mol. The molecule has 1 aliphatic rings. The van der Waals surface area contributed by atoms with Crippen molar-refractivity contribution in [2.24, 2.45) is 0 Å². The summed E-state index contributed by atoms with van der Waals surface area (Å²) in [5.41, 5.74) is 8.83. The third-order valence-corrected chi connectivity index (χ3v) is 6.39. The van der Waals surface area contributed by atoms with Crippen LogP contribution in [-0.2, 0) is 11.3 Å². The van der Waals surface area contributed by atoms with Gasteiger partial charge in [0.15, 0.2) is 0 Å². The van der Waals surface area contributed by atoms with Crippen molar-refractivity contribution in [1.29, 1.82) is 0 Å². The van der Waals surface area contributed by atoms with E-state index in [4.69, 9.17) is 10.5 Å². The van der Waals surface area contributed by atoms with Crippen LogP contribution in [-0.4, -0.2) is 66.1 Å². The number of carbonyl (C=O) groups excluding carboxylic acids is 2. The number of rotatable bonds is 9. The Morgan fingerprint density at radius 2 is 1.94 bits per heavy atom. The summed E-state index contributed by atoms with van der Waals surface area (Å²) in [5.74, 6) is -0.341. The van der Waals surface area contributed by atoms with E-state index in [1.54, 1.807) is 41.4 Å². The number of urea groups is 1. The van der Waals surface area contributed by atoms with Crippen molar-refractivity contribution in [3.63, 3.8) is 0 Å². The number of amides is 3. The molecule has 1 aromatic carbocycles. The highest BCUT2D eigenvalue weighted by molar-refractivity contribution is 7.08. The Labute approximate surface area is 208 Å². The first-order chi connectivity index (χ1) is 17.1. The number of ether oxygens (including phenoxy) is 1. The molecule has 4 N–H and O–H groups in total. The number of hydrogen-bond acceptors (Lipinski definition) is 7. The van der Waals surface area contributed by atoms with Crippen LogP contribution in [0.5, 0.6) is 0 Å². The van der Waals surface area contributed by atoms with E-state index < -0.39 is 0 Å². The number of aromatic nitrogens is 1. The lowest BCUT2D eigenvalue weighted by atomic mass is 10.2. The highest BCUT2D eigenvalue weighted by Crippen LogP contribution is 2.18. The molecule has 9 nitrogen and oxygen atoms in total. The third-order valence-electron chi connectivity index (χ3n) is 5.71. The van der Waals surface area contributed by atoms with Crippen molar-refractivity contribution in [3.8, 4) is 0 Å². The van der Waals surface area contributed by atoms with Gasteiger partial charge in [0.1, 0.15) is 5.69 Å². The minimum absolute atomic E-state index is 0.160. The zero-order valence-corrected chi connectivity index (χ0v) is 20.3. The number of hydrogen-bond donors (Lipinski definition) is 3. The summed E-state index contributed by atoms with van der Waals surface area (Å²) in [6.45, 7) is 5.25. The summed E-state index contributed by atoms with van der Waals surface area (Å²) in [7, 11) is 0. The Morgan fingerprint density at radius 3 is 2.66 bits per heavy atom. The van der Waals surface area contributed by atoms with Crippen LogP contribution in [0.2, 0.25) is 0 Å². The van der Waals surface area contributed by atoms with Crippen molar-refractivity contribution >= 4 is 40.3 Å². The SMILES string of the molecule is Nc1ccccc1NC(=O)c1ccc(CN(CCCN2CCOCC2)C(=O)Nc2ccsc2)cn1. The first-order valence-corrected chi connectivity index (χ1v) is 12.5. The van der Waals surface area contributed by atoms with Gasteiger partial charge in [0.25, 0.3) is 5.91 Å². The number of benzene rings is 1. The molecule has 0 radical (unpaired) electrons. The fraction of sp³-hybridized carbons (Fsp3) is 0.320. The van der Waals surface area contributed by atoms with E-state index in [1.807, 2.05) is 22.9 Å². The average molecular weight is 495 g/mol. The number of nitrogens with one attached hydrogen (secondary N) is 2. The third kappa shape index (κ3) is 7.25. The number of nitrogens with two attached hydrogens (primary N) is 1. The molecule has 1 saturated heterocycles. The van der Waals surface area contributed by atoms with Gasteiger partial charge >= 0.3 is 6.03 Å². The van der Waals surface area contributed by atoms with Crippen LogP contribution in [0.25, 0.3) is 0 Å². The summed E-state index contributed by atoms with van der Waals surface area (Å²) < 4.78 is 5.41. The fourth-order valence-corrected chi connectivity index (χ4v) is 4.36. The summed E-state index contributed by atoms with van der Waals surface area (Å²) in [5, 5.41) is 9.56. The molecule has 4 rings (SSSR count). The predicted octanol–water partition coefficient (Wildman–Crippen LogP) is 3.73. The van der Waals surface area contributed by atoms with Gasteiger partial charge in [-0.15, -0.1) is 0 Å². The molecule has 0 spiro atoms. The van der Waals surface area contributed by atoms with Crippen LogP contribution in [0.4, 0.5) is 21.9 Å². The number of nitrogen functional groups attached to an aromatic ring is 1. The van der Waals surface area contributed by atoms with E-state index in [0.29, 0.717) is 24.5 Å². The van der Waals surface area contributed by atoms with Crippen molar-refractivity contribution in [2.45, 2.75) is 13.0 Å². The molecule has 0 aliphatic carbocycles. The lowest BCUT2D eigenvalue weighted by Crippen LogP contribution is -2.40. The van der Waals surface area contributed by atoms with E-state index >= 15 is 0 Å². The minimum atomic E-state index is -0.341. The Bertz CT molecular complexity index is 1100. The molecule has 3 amide bonds. The van der Waals surface area contributed by atoms with E-state index in [0.717, 1.165) is 50.5 Å². The quantitative estimate of drug-likeness (QED) is 0.391. The van der Waals surface area contributed by atoms with Gasteiger partial charge in [-0.25, -0.2) is 4.79 Å². The maximum Gasteiger partial charge on any atom is 0.322 e. The fourth-order valence-electron chi connectivity index (χ4n) is 3.77. The second kappa shape index (κ2) is 12.3. The van der Waals surface area contributed by atoms with Gasteiger partial charge in [-0.2, -0.15) is 11.3 Å². The number of carbonyl (C=O) groups is 2. The molecular weight excluding hydrogens is 464 g/mol. The molecule has 0 unspecified atom stereocenters.